The number of hydrogen-bond acceptors (Lipinski definition) is 4. The Labute approximate surface area is 110 Å². The van der Waals surface area contributed by atoms with Crippen molar-refractivity contribution in [3.05, 3.63) is 0 Å². The third kappa shape index (κ3) is 6.93. The first kappa shape index (κ1) is 17.3. The van der Waals surface area contributed by atoms with E-state index in [2.05, 4.69) is 4.72 Å². The average Bonchev–Trinajstić information content (AvgIpc) is 2.26. The van der Waals surface area contributed by atoms with Crippen molar-refractivity contribution in [2.75, 3.05) is 26.2 Å². The third-order valence-electron chi connectivity index (χ3n) is 2.10. The lowest BCUT2D eigenvalue weighted by molar-refractivity contribution is -0.143. The molecule has 0 atom stereocenters. The van der Waals surface area contributed by atoms with Crippen molar-refractivity contribution in [1.29, 1.82) is 0 Å². The Morgan fingerprint density at radius 1 is 1.33 bits per heavy atom. The number of carbonyl (C=O) groups excluding carboxylic acids is 1. The largest absolute Gasteiger partial charge is 0.465 e. The monoisotopic (exact) mass is 280 g/mol. The number of nitrogens with zero attached hydrogens (tertiary/aromatic N) is 1. The molecule has 0 amide bonds. The topological polar surface area (TPSA) is 75.7 Å². The highest BCUT2D eigenvalue weighted by molar-refractivity contribution is 7.87. The van der Waals surface area contributed by atoms with E-state index < -0.39 is 16.2 Å². The Bertz CT molecular complexity index is 341. The number of hydrogen-bond donors (Lipinski definition) is 1. The van der Waals surface area contributed by atoms with Crippen LogP contribution in [0.4, 0.5) is 0 Å². The summed E-state index contributed by atoms with van der Waals surface area (Å²) in [7, 11) is -3.61. The highest BCUT2D eigenvalue weighted by atomic mass is 32.2. The summed E-state index contributed by atoms with van der Waals surface area (Å²) in [5, 5.41) is 0. The molecular weight excluding hydrogens is 256 g/mol. The second-order valence-electron chi connectivity index (χ2n) is 4.39. The number of nitrogens with one attached hydrogen (secondary N) is 1. The van der Waals surface area contributed by atoms with Gasteiger partial charge >= 0.3 is 5.97 Å². The maximum atomic E-state index is 12.0. The Hall–Kier alpha value is -0.660. The number of ether oxygens (including phenoxy) is 1. The number of esters is 1. The summed E-state index contributed by atoms with van der Waals surface area (Å²) >= 11 is 0. The van der Waals surface area contributed by atoms with Crippen molar-refractivity contribution in [3.8, 4) is 0 Å². The van der Waals surface area contributed by atoms with Crippen LogP contribution in [0.5, 0.6) is 0 Å². The molecule has 18 heavy (non-hydrogen) atoms. The highest BCUT2D eigenvalue weighted by Crippen LogP contribution is 2.02. The van der Waals surface area contributed by atoms with E-state index in [1.54, 1.807) is 6.92 Å². The molecule has 0 aliphatic rings. The first-order valence-electron chi connectivity index (χ1n) is 6.23. The van der Waals surface area contributed by atoms with Crippen LogP contribution in [0.2, 0.25) is 0 Å². The van der Waals surface area contributed by atoms with Gasteiger partial charge in [-0.2, -0.15) is 12.7 Å². The molecule has 0 bridgehead atoms. The van der Waals surface area contributed by atoms with E-state index in [0.29, 0.717) is 19.5 Å². The lowest BCUT2D eigenvalue weighted by Crippen LogP contribution is -2.45. The number of carbonyl (C=O) groups is 1. The molecule has 0 aliphatic heterocycles. The van der Waals surface area contributed by atoms with E-state index >= 15 is 0 Å². The summed E-state index contributed by atoms with van der Waals surface area (Å²) < 4.78 is 32.3. The molecule has 0 aromatic rings. The van der Waals surface area contributed by atoms with Crippen molar-refractivity contribution in [2.45, 2.75) is 34.1 Å². The van der Waals surface area contributed by atoms with Gasteiger partial charge in [-0.1, -0.05) is 20.8 Å². The van der Waals surface area contributed by atoms with Gasteiger partial charge in [0.2, 0.25) is 0 Å². The third-order valence-corrected chi connectivity index (χ3v) is 3.62. The molecule has 0 fully saturated rings. The van der Waals surface area contributed by atoms with Gasteiger partial charge in [0, 0.05) is 13.1 Å². The molecule has 6 nitrogen and oxygen atoms in total. The maximum Gasteiger partial charge on any atom is 0.321 e. The van der Waals surface area contributed by atoms with Gasteiger partial charge in [0.25, 0.3) is 10.2 Å². The molecular formula is C11H24N2O4S. The first-order chi connectivity index (χ1) is 8.33. The van der Waals surface area contributed by atoms with E-state index in [0.717, 1.165) is 4.31 Å². The van der Waals surface area contributed by atoms with Crippen LogP contribution in [0.1, 0.15) is 34.1 Å². The lowest BCUT2D eigenvalue weighted by atomic mass is 10.2. The summed E-state index contributed by atoms with van der Waals surface area (Å²) in [6, 6.07) is 0. The highest BCUT2D eigenvalue weighted by Gasteiger charge is 2.24. The smallest absolute Gasteiger partial charge is 0.321 e. The first-order valence-corrected chi connectivity index (χ1v) is 7.67. The minimum atomic E-state index is -3.61. The second kappa shape index (κ2) is 8.44. The molecule has 0 spiro atoms. The van der Waals surface area contributed by atoms with Crippen molar-refractivity contribution in [1.82, 2.24) is 9.03 Å². The van der Waals surface area contributed by atoms with E-state index in [9.17, 15) is 13.2 Å². The predicted molar refractivity (Wildman–Crippen MR) is 70.3 cm³/mol. The minimum absolute atomic E-state index is 0.214. The summed E-state index contributed by atoms with van der Waals surface area (Å²) in [6.07, 6.45) is 0.641. The normalized spacial score (nSPS) is 12.1. The Kier molecular flexibility index (Phi) is 8.13. The summed E-state index contributed by atoms with van der Waals surface area (Å²) in [5.74, 6) is -0.313. The van der Waals surface area contributed by atoms with E-state index in [1.807, 2.05) is 20.8 Å². The molecule has 0 saturated heterocycles. The second-order valence-corrected chi connectivity index (χ2v) is 6.14. The standard InChI is InChI=1S/C11H24N2O4S/c1-5-7-13(9-11(14)17-6-2)18(15,16)12-8-10(3)4/h10,12H,5-9H2,1-4H3. The van der Waals surface area contributed by atoms with E-state index in [-0.39, 0.29) is 19.1 Å². The van der Waals surface area contributed by atoms with Crippen LogP contribution in [0.3, 0.4) is 0 Å². The zero-order valence-corrected chi connectivity index (χ0v) is 12.4. The Balaban J connectivity index is 4.60. The van der Waals surface area contributed by atoms with Crippen LogP contribution in [0, 0.1) is 5.92 Å². The predicted octanol–water partition coefficient (Wildman–Crippen LogP) is 0.752. The molecule has 0 rings (SSSR count). The molecule has 0 aromatic carbocycles. The van der Waals surface area contributed by atoms with Gasteiger partial charge in [0.05, 0.1) is 6.61 Å². The van der Waals surface area contributed by atoms with Crippen LogP contribution >= 0.6 is 0 Å². The van der Waals surface area contributed by atoms with Crippen LogP contribution in [0.25, 0.3) is 0 Å². The van der Waals surface area contributed by atoms with Crippen molar-refractivity contribution in [3.63, 3.8) is 0 Å². The zero-order chi connectivity index (χ0) is 14.2. The van der Waals surface area contributed by atoms with Crippen molar-refractivity contribution in [2.24, 2.45) is 5.92 Å². The Morgan fingerprint density at radius 2 is 1.94 bits per heavy atom. The molecule has 1 N–H and O–H groups in total. The quantitative estimate of drug-likeness (QED) is 0.632. The summed E-state index contributed by atoms with van der Waals surface area (Å²) in [4.78, 5) is 11.4. The van der Waals surface area contributed by atoms with Crippen molar-refractivity contribution < 1.29 is 17.9 Å². The fourth-order valence-electron chi connectivity index (χ4n) is 1.25. The molecule has 108 valence electrons. The SMILES string of the molecule is CCCN(CC(=O)OCC)S(=O)(=O)NCC(C)C. The average molecular weight is 280 g/mol. The summed E-state index contributed by atoms with van der Waals surface area (Å²) in [6.45, 7) is 8.03. The van der Waals surface area contributed by atoms with Gasteiger partial charge in [0.15, 0.2) is 0 Å². The minimum Gasteiger partial charge on any atom is -0.465 e. The van der Waals surface area contributed by atoms with E-state index in [4.69, 9.17) is 4.74 Å². The molecule has 0 heterocycles. The van der Waals surface area contributed by atoms with Gasteiger partial charge in [0.1, 0.15) is 6.54 Å². The fourth-order valence-corrected chi connectivity index (χ4v) is 2.67. The molecule has 0 saturated carbocycles. The number of rotatable bonds is 9. The lowest BCUT2D eigenvalue weighted by Gasteiger charge is -2.21. The van der Waals surface area contributed by atoms with Gasteiger partial charge in [-0.25, -0.2) is 4.72 Å². The molecule has 0 aromatic heterocycles. The van der Waals surface area contributed by atoms with Crippen LogP contribution in [-0.4, -0.2) is 44.9 Å². The Morgan fingerprint density at radius 3 is 2.39 bits per heavy atom. The molecule has 0 unspecified atom stereocenters. The van der Waals surface area contributed by atoms with Crippen LogP contribution in [0.15, 0.2) is 0 Å². The van der Waals surface area contributed by atoms with Crippen LogP contribution in [-0.2, 0) is 19.7 Å². The molecule has 7 heteroatoms. The molecule has 0 aliphatic carbocycles. The fraction of sp³-hybridized carbons (Fsp3) is 0.909. The van der Waals surface area contributed by atoms with Crippen LogP contribution < -0.4 is 4.72 Å². The maximum absolute atomic E-state index is 12.0. The van der Waals surface area contributed by atoms with Gasteiger partial charge < -0.3 is 4.74 Å². The van der Waals surface area contributed by atoms with Crippen molar-refractivity contribution >= 4 is 16.2 Å². The van der Waals surface area contributed by atoms with Gasteiger partial charge in [-0.15, -0.1) is 0 Å². The molecule has 0 radical (unpaired) electrons. The summed E-state index contributed by atoms with van der Waals surface area (Å²) in [5.41, 5.74) is 0. The van der Waals surface area contributed by atoms with Gasteiger partial charge in [-0.05, 0) is 19.3 Å². The van der Waals surface area contributed by atoms with Gasteiger partial charge in [-0.3, -0.25) is 4.79 Å². The van der Waals surface area contributed by atoms with E-state index in [1.165, 1.54) is 0 Å². The zero-order valence-electron chi connectivity index (χ0n) is 11.6.